The Kier molecular flexibility index (Phi) is 20.6. The molecule has 0 aliphatic carbocycles. The van der Waals surface area contributed by atoms with Crippen molar-refractivity contribution in [3.8, 4) is 0 Å². The molecule has 24 heavy (non-hydrogen) atoms. The van der Waals surface area contributed by atoms with Crippen LogP contribution in [-0.2, 0) is 0 Å². The zero-order chi connectivity index (χ0) is 17.7. The van der Waals surface area contributed by atoms with Gasteiger partial charge >= 0.3 is 0 Å². The summed E-state index contributed by atoms with van der Waals surface area (Å²) in [4.78, 5) is 0. The average Bonchev–Trinajstić information content (AvgIpc) is 2.60. The highest BCUT2D eigenvalue weighted by Gasteiger charge is 2.05. The summed E-state index contributed by atoms with van der Waals surface area (Å²) in [5.41, 5.74) is 0. The van der Waals surface area contributed by atoms with Gasteiger partial charge in [0.25, 0.3) is 0 Å². The van der Waals surface area contributed by atoms with Crippen LogP contribution in [0.15, 0.2) is 12.2 Å². The van der Waals surface area contributed by atoms with Gasteiger partial charge in [0.15, 0.2) is 0 Å². The van der Waals surface area contributed by atoms with E-state index >= 15 is 0 Å². The van der Waals surface area contributed by atoms with Crippen molar-refractivity contribution in [3.05, 3.63) is 12.2 Å². The van der Waals surface area contributed by atoms with Gasteiger partial charge in [-0.15, -0.1) is 0 Å². The van der Waals surface area contributed by atoms with Gasteiger partial charge in [-0.05, 0) is 25.2 Å². The summed E-state index contributed by atoms with van der Waals surface area (Å²) in [6.45, 7) is 6.92. The molecule has 0 rings (SSSR count). The highest BCUT2D eigenvalue weighted by atomic mass is 14.1. The van der Waals surface area contributed by atoms with Gasteiger partial charge in [0.2, 0.25) is 0 Å². The average molecular weight is 337 g/mol. The normalized spacial score (nSPS) is 13.0. The maximum atomic E-state index is 2.40. The van der Waals surface area contributed by atoms with E-state index in [4.69, 9.17) is 0 Å². The molecule has 0 amide bonds. The third kappa shape index (κ3) is 18.1. The third-order valence-corrected chi connectivity index (χ3v) is 5.43. The topological polar surface area (TPSA) is 0 Å². The number of allylic oxidation sites excluding steroid dienone is 2. The van der Waals surface area contributed by atoms with Gasteiger partial charge in [0, 0.05) is 0 Å². The molecule has 0 aromatic heterocycles. The highest BCUT2D eigenvalue weighted by Crippen LogP contribution is 2.21. The monoisotopic (exact) mass is 336 g/mol. The Bertz CT molecular complexity index is 240. The first-order valence-corrected chi connectivity index (χ1v) is 11.5. The van der Waals surface area contributed by atoms with Crippen LogP contribution in [0.1, 0.15) is 136 Å². The van der Waals surface area contributed by atoms with E-state index in [2.05, 4.69) is 32.9 Å². The fourth-order valence-electron chi connectivity index (χ4n) is 3.63. The van der Waals surface area contributed by atoms with Crippen LogP contribution in [0.3, 0.4) is 0 Å². The van der Waals surface area contributed by atoms with Crippen molar-refractivity contribution < 1.29 is 0 Å². The van der Waals surface area contributed by atoms with Crippen LogP contribution in [-0.4, -0.2) is 0 Å². The lowest BCUT2D eigenvalue weighted by Crippen LogP contribution is -1.99. The van der Waals surface area contributed by atoms with Crippen molar-refractivity contribution in [2.45, 2.75) is 136 Å². The molecule has 0 aliphatic heterocycles. The van der Waals surface area contributed by atoms with Crippen molar-refractivity contribution in [2.24, 2.45) is 5.92 Å². The van der Waals surface area contributed by atoms with Gasteiger partial charge in [-0.25, -0.2) is 0 Å². The molecule has 0 aromatic rings. The molecule has 0 heterocycles. The van der Waals surface area contributed by atoms with Crippen LogP contribution in [0.2, 0.25) is 0 Å². The molecule has 0 bridgehead atoms. The molecule has 0 nitrogen and oxygen atoms in total. The van der Waals surface area contributed by atoms with E-state index in [-0.39, 0.29) is 0 Å². The Morgan fingerprint density at radius 2 is 1.04 bits per heavy atom. The smallest absolute Gasteiger partial charge is 0.0351 e. The second kappa shape index (κ2) is 20.8. The molecule has 1 unspecified atom stereocenters. The molecule has 0 heteroatoms. The van der Waals surface area contributed by atoms with Crippen LogP contribution in [0.5, 0.6) is 0 Å². The number of unbranched alkanes of at least 4 members (excludes halogenated alkanes) is 12. The summed E-state index contributed by atoms with van der Waals surface area (Å²) < 4.78 is 0. The molecular weight excluding hydrogens is 288 g/mol. The predicted octanol–water partition coefficient (Wildman–Crippen LogP) is 9.24. The zero-order valence-corrected chi connectivity index (χ0v) is 17.5. The molecule has 0 N–H and O–H groups in total. The van der Waals surface area contributed by atoms with Crippen molar-refractivity contribution in [3.63, 3.8) is 0 Å². The standard InChI is InChI=1S/C24H48/c1-4-7-9-11-13-15-17-19-21-23-24(6-3)22-20-18-16-14-12-10-8-5-2/h7,9,24H,4-6,8,10-23H2,1-3H3. The molecule has 144 valence electrons. The number of rotatable bonds is 19. The predicted molar refractivity (Wildman–Crippen MR) is 113 cm³/mol. The van der Waals surface area contributed by atoms with E-state index in [1.165, 1.54) is 116 Å². The lowest BCUT2D eigenvalue weighted by Gasteiger charge is -2.14. The maximum Gasteiger partial charge on any atom is -0.0351 e. The molecule has 0 spiro atoms. The first-order valence-electron chi connectivity index (χ1n) is 11.5. The lowest BCUT2D eigenvalue weighted by atomic mass is 9.92. The zero-order valence-electron chi connectivity index (χ0n) is 17.5. The minimum Gasteiger partial charge on any atom is -0.0888 e. The summed E-state index contributed by atoms with van der Waals surface area (Å²) in [5, 5.41) is 0. The summed E-state index contributed by atoms with van der Waals surface area (Å²) in [6.07, 6.45) is 30.4. The molecule has 0 saturated carbocycles. The van der Waals surface area contributed by atoms with E-state index in [1.807, 2.05) is 0 Å². The van der Waals surface area contributed by atoms with Gasteiger partial charge in [-0.1, -0.05) is 129 Å². The third-order valence-electron chi connectivity index (χ3n) is 5.43. The first-order chi connectivity index (χ1) is 11.8. The molecular formula is C24H48. The maximum absolute atomic E-state index is 2.40. The van der Waals surface area contributed by atoms with Gasteiger partial charge in [0.1, 0.15) is 0 Å². The second-order valence-electron chi connectivity index (χ2n) is 7.76. The minimum atomic E-state index is 1.01. The molecule has 0 radical (unpaired) electrons. The highest BCUT2D eigenvalue weighted by molar-refractivity contribution is 4.79. The van der Waals surface area contributed by atoms with E-state index in [0.29, 0.717) is 0 Å². The summed E-state index contributed by atoms with van der Waals surface area (Å²) in [7, 11) is 0. The van der Waals surface area contributed by atoms with Crippen LogP contribution >= 0.6 is 0 Å². The SMILES string of the molecule is CCC=CCCCCCCCC(CC)CCCCCCCCCC. The summed E-state index contributed by atoms with van der Waals surface area (Å²) in [5.74, 6) is 1.01. The van der Waals surface area contributed by atoms with Crippen molar-refractivity contribution >= 4 is 0 Å². The van der Waals surface area contributed by atoms with Gasteiger partial charge in [0.05, 0.1) is 0 Å². The Morgan fingerprint density at radius 1 is 0.542 bits per heavy atom. The van der Waals surface area contributed by atoms with Crippen LogP contribution in [0.4, 0.5) is 0 Å². The number of hydrogen-bond donors (Lipinski definition) is 0. The quantitative estimate of drug-likeness (QED) is 0.163. The molecule has 0 fully saturated rings. The Hall–Kier alpha value is -0.260. The second-order valence-corrected chi connectivity index (χ2v) is 7.76. The van der Waals surface area contributed by atoms with Crippen LogP contribution in [0, 0.1) is 5.92 Å². The largest absolute Gasteiger partial charge is 0.0888 e. The Labute approximate surface area is 154 Å². The van der Waals surface area contributed by atoms with E-state index < -0.39 is 0 Å². The fourth-order valence-corrected chi connectivity index (χ4v) is 3.63. The van der Waals surface area contributed by atoms with Crippen LogP contribution < -0.4 is 0 Å². The Morgan fingerprint density at radius 3 is 1.54 bits per heavy atom. The van der Waals surface area contributed by atoms with Crippen LogP contribution in [0.25, 0.3) is 0 Å². The van der Waals surface area contributed by atoms with E-state index in [9.17, 15) is 0 Å². The Balaban J connectivity index is 3.32. The van der Waals surface area contributed by atoms with Crippen molar-refractivity contribution in [1.29, 1.82) is 0 Å². The first kappa shape index (κ1) is 23.7. The minimum absolute atomic E-state index is 1.01. The van der Waals surface area contributed by atoms with E-state index in [0.717, 1.165) is 5.92 Å². The summed E-state index contributed by atoms with van der Waals surface area (Å²) in [6, 6.07) is 0. The number of hydrogen-bond acceptors (Lipinski definition) is 0. The molecule has 0 aromatic carbocycles. The van der Waals surface area contributed by atoms with Gasteiger partial charge < -0.3 is 0 Å². The molecule has 1 atom stereocenters. The van der Waals surface area contributed by atoms with E-state index in [1.54, 1.807) is 0 Å². The van der Waals surface area contributed by atoms with Crippen molar-refractivity contribution in [1.82, 2.24) is 0 Å². The van der Waals surface area contributed by atoms with Gasteiger partial charge in [-0.3, -0.25) is 0 Å². The molecule has 0 aliphatic rings. The van der Waals surface area contributed by atoms with Gasteiger partial charge in [-0.2, -0.15) is 0 Å². The lowest BCUT2D eigenvalue weighted by molar-refractivity contribution is 0.392. The molecule has 0 saturated heterocycles. The fraction of sp³-hybridized carbons (Fsp3) is 0.917. The van der Waals surface area contributed by atoms with Crippen molar-refractivity contribution in [2.75, 3.05) is 0 Å². The summed E-state index contributed by atoms with van der Waals surface area (Å²) >= 11 is 0.